The molecule has 0 amide bonds. The molecule has 0 spiro atoms. The van der Waals surface area contributed by atoms with Gasteiger partial charge in [-0.25, -0.2) is 0 Å². The topological polar surface area (TPSA) is 15.8 Å². The van der Waals surface area contributed by atoms with Gasteiger partial charge in [0.1, 0.15) is 7.85 Å². The Morgan fingerprint density at radius 1 is 0.900 bits per heavy atom. The molecule has 1 aromatic heterocycles. The molecule has 0 saturated carbocycles. The highest BCUT2D eigenvalue weighted by molar-refractivity contribution is 6.37. The van der Waals surface area contributed by atoms with E-state index in [1.165, 1.54) is 16.2 Å². The Morgan fingerprint density at radius 3 is 2.35 bits per heavy atom. The van der Waals surface area contributed by atoms with Gasteiger partial charge in [0.2, 0.25) is 0 Å². The normalized spacial score (nSPS) is 11.6. The first-order valence-electron chi connectivity index (χ1n) is 6.58. The number of hydrogen-bond acceptors (Lipinski definition) is 0. The van der Waals surface area contributed by atoms with E-state index in [1.807, 2.05) is 24.3 Å². The Morgan fingerprint density at radius 2 is 1.60 bits per heavy atom. The zero-order chi connectivity index (χ0) is 13.9. The van der Waals surface area contributed by atoms with Crippen LogP contribution in [0.3, 0.4) is 0 Å². The SMILES string of the molecule is [B]c1cc2[nH]c3cccc4c(C=C)c(C=C)c(c1)c2c34. The molecule has 2 radical (unpaired) electrons. The Balaban J connectivity index is 2.48. The highest BCUT2D eigenvalue weighted by atomic mass is 14.7. The number of rotatable bonds is 2. The lowest BCUT2D eigenvalue weighted by Crippen LogP contribution is -2.01. The minimum atomic E-state index is 0.755. The van der Waals surface area contributed by atoms with Crippen molar-refractivity contribution in [2.75, 3.05) is 0 Å². The minimum Gasteiger partial charge on any atom is -0.354 e. The van der Waals surface area contributed by atoms with Gasteiger partial charge in [0.15, 0.2) is 0 Å². The van der Waals surface area contributed by atoms with E-state index >= 15 is 0 Å². The first-order valence-corrected chi connectivity index (χ1v) is 6.58. The molecule has 20 heavy (non-hydrogen) atoms. The monoisotopic (exact) mass is 253 g/mol. The van der Waals surface area contributed by atoms with Crippen molar-refractivity contribution in [1.82, 2.24) is 4.98 Å². The predicted molar refractivity (Wildman–Crippen MR) is 90.1 cm³/mol. The summed E-state index contributed by atoms with van der Waals surface area (Å²) < 4.78 is 0. The third-order valence-electron chi connectivity index (χ3n) is 4.02. The molecule has 2 heteroatoms. The van der Waals surface area contributed by atoms with Crippen LogP contribution in [-0.2, 0) is 0 Å². The van der Waals surface area contributed by atoms with Crippen LogP contribution in [0.25, 0.3) is 44.7 Å². The fourth-order valence-electron chi connectivity index (χ4n) is 3.27. The van der Waals surface area contributed by atoms with E-state index in [1.54, 1.807) is 0 Å². The Kier molecular flexibility index (Phi) is 2.14. The van der Waals surface area contributed by atoms with E-state index < -0.39 is 0 Å². The largest absolute Gasteiger partial charge is 0.354 e. The van der Waals surface area contributed by atoms with Gasteiger partial charge in [-0.05, 0) is 34.0 Å². The summed E-state index contributed by atoms with van der Waals surface area (Å²) >= 11 is 0. The summed E-state index contributed by atoms with van der Waals surface area (Å²) in [5, 5.41) is 4.81. The molecule has 0 bridgehead atoms. The van der Waals surface area contributed by atoms with Crippen molar-refractivity contribution >= 4 is 58.0 Å². The number of nitrogens with one attached hydrogen (secondary N) is 1. The standard InChI is InChI=1S/C18H12BN/c1-3-11-12(4-2)14-8-10(19)9-16-18(14)17-13(11)6-5-7-15(17)20-16/h3-9,20H,1-2H2. The van der Waals surface area contributed by atoms with Crippen LogP contribution in [0.15, 0.2) is 43.5 Å². The van der Waals surface area contributed by atoms with Gasteiger partial charge in [-0.15, -0.1) is 0 Å². The molecule has 3 aromatic carbocycles. The number of aromatic nitrogens is 1. The molecule has 4 aromatic rings. The van der Waals surface area contributed by atoms with Gasteiger partial charge in [0.25, 0.3) is 0 Å². The lowest BCUT2D eigenvalue weighted by atomic mass is 9.87. The van der Waals surface area contributed by atoms with Gasteiger partial charge < -0.3 is 4.98 Å². The van der Waals surface area contributed by atoms with Crippen molar-refractivity contribution < 1.29 is 0 Å². The van der Waals surface area contributed by atoms with Crippen molar-refractivity contribution in [2.45, 2.75) is 0 Å². The molecule has 0 atom stereocenters. The second kappa shape index (κ2) is 3.77. The van der Waals surface area contributed by atoms with Gasteiger partial charge in [0.05, 0.1) is 0 Å². The summed E-state index contributed by atoms with van der Waals surface area (Å²) in [7, 11) is 6.04. The summed E-state index contributed by atoms with van der Waals surface area (Å²) in [4.78, 5) is 3.45. The Bertz CT molecular complexity index is 991. The van der Waals surface area contributed by atoms with Crippen molar-refractivity contribution in [3.8, 4) is 0 Å². The average molecular weight is 253 g/mol. The number of benzene rings is 3. The quantitative estimate of drug-likeness (QED) is 0.410. The molecule has 92 valence electrons. The van der Waals surface area contributed by atoms with Crippen LogP contribution in [0.1, 0.15) is 11.1 Å². The van der Waals surface area contributed by atoms with E-state index in [0.29, 0.717) is 0 Å². The summed E-state index contributed by atoms with van der Waals surface area (Å²) in [6.45, 7) is 7.93. The molecule has 0 fully saturated rings. The lowest BCUT2D eigenvalue weighted by molar-refractivity contribution is 1.56. The van der Waals surface area contributed by atoms with Gasteiger partial charge >= 0.3 is 0 Å². The Hall–Kier alpha value is -2.48. The maximum Gasteiger partial charge on any atom is 0.113 e. The summed E-state index contributed by atoms with van der Waals surface area (Å²) in [6, 6.07) is 10.3. The van der Waals surface area contributed by atoms with Crippen LogP contribution < -0.4 is 5.46 Å². The molecule has 0 unspecified atom stereocenters. The maximum atomic E-state index is 6.04. The predicted octanol–water partition coefficient (Wildman–Crippen LogP) is 3.99. The molecular weight excluding hydrogens is 241 g/mol. The highest BCUT2D eigenvalue weighted by Crippen LogP contribution is 2.39. The van der Waals surface area contributed by atoms with Gasteiger partial charge in [0, 0.05) is 21.8 Å². The molecule has 4 rings (SSSR count). The van der Waals surface area contributed by atoms with Crippen molar-refractivity contribution in [3.63, 3.8) is 0 Å². The fraction of sp³-hybridized carbons (Fsp3) is 0. The van der Waals surface area contributed by atoms with Crippen LogP contribution in [-0.4, -0.2) is 12.8 Å². The molecule has 1 heterocycles. The second-order valence-corrected chi connectivity index (χ2v) is 5.08. The highest BCUT2D eigenvalue weighted by Gasteiger charge is 2.16. The first-order chi connectivity index (χ1) is 9.74. The molecule has 1 nitrogen and oxygen atoms in total. The molecule has 0 saturated heterocycles. The second-order valence-electron chi connectivity index (χ2n) is 5.08. The molecular formula is C18H12BN. The van der Waals surface area contributed by atoms with Crippen LogP contribution in [0.2, 0.25) is 0 Å². The third-order valence-corrected chi connectivity index (χ3v) is 4.02. The van der Waals surface area contributed by atoms with E-state index in [9.17, 15) is 0 Å². The third kappa shape index (κ3) is 1.23. The lowest BCUT2D eigenvalue weighted by Gasteiger charge is -2.12. The zero-order valence-electron chi connectivity index (χ0n) is 11.0. The van der Waals surface area contributed by atoms with Crippen molar-refractivity contribution in [3.05, 3.63) is 54.6 Å². The molecule has 1 N–H and O–H groups in total. The summed E-state index contributed by atoms with van der Waals surface area (Å²) in [5.74, 6) is 0. The van der Waals surface area contributed by atoms with E-state index in [2.05, 4.69) is 36.3 Å². The van der Waals surface area contributed by atoms with Crippen LogP contribution in [0.5, 0.6) is 0 Å². The molecule has 0 aliphatic carbocycles. The summed E-state index contributed by atoms with van der Waals surface area (Å²) in [5.41, 5.74) is 5.17. The van der Waals surface area contributed by atoms with Crippen LogP contribution >= 0.6 is 0 Å². The molecule has 0 aliphatic rings. The first kappa shape index (κ1) is 11.4. The van der Waals surface area contributed by atoms with E-state index in [0.717, 1.165) is 33.0 Å². The van der Waals surface area contributed by atoms with Gasteiger partial charge in [-0.1, -0.05) is 49.0 Å². The van der Waals surface area contributed by atoms with Gasteiger partial charge in [-0.2, -0.15) is 0 Å². The number of aromatic amines is 1. The van der Waals surface area contributed by atoms with E-state index in [-0.39, 0.29) is 0 Å². The molecule has 0 aliphatic heterocycles. The van der Waals surface area contributed by atoms with Crippen LogP contribution in [0, 0.1) is 0 Å². The fourth-order valence-corrected chi connectivity index (χ4v) is 3.27. The van der Waals surface area contributed by atoms with E-state index in [4.69, 9.17) is 7.85 Å². The van der Waals surface area contributed by atoms with Crippen molar-refractivity contribution in [2.24, 2.45) is 0 Å². The number of hydrogen-bond donors (Lipinski definition) is 1. The van der Waals surface area contributed by atoms with Crippen molar-refractivity contribution in [1.29, 1.82) is 0 Å². The minimum absolute atomic E-state index is 0.755. The summed E-state index contributed by atoms with van der Waals surface area (Å²) in [6.07, 6.45) is 3.79. The van der Waals surface area contributed by atoms with Gasteiger partial charge in [-0.3, -0.25) is 0 Å². The zero-order valence-corrected chi connectivity index (χ0v) is 11.0. The van der Waals surface area contributed by atoms with Crippen LogP contribution in [0.4, 0.5) is 0 Å². The maximum absolute atomic E-state index is 6.04. The average Bonchev–Trinajstić information content (AvgIpc) is 2.82. The number of H-pyrrole nitrogens is 1. The smallest absolute Gasteiger partial charge is 0.113 e. The Labute approximate surface area is 118 Å².